The standard InChI is InChI=1S/C23H27Cl2NO2/c1-4-21(15(3)27)26-22(16-8-10-18(24)11-9-16)20(12-14(2)23(26)28)17-6-5-7-19(25)13-17/h5-11,13-15,20-22,27H,4,12H2,1-3H3/t14?,15-,20+,21+,22+/m0/s1. The largest absolute Gasteiger partial charge is 0.391 e. The smallest absolute Gasteiger partial charge is 0.226 e. The van der Waals surface area contributed by atoms with Crippen molar-refractivity contribution in [3.05, 3.63) is 69.7 Å². The molecular weight excluding hydrogens is 393 g/mol. The predicted molar refractivity (Wildman–Crippen MR) is 115 cm³/mol. The SMILES string of the molecule is CC[C@H]([C@H](C)O)N1C(=O)C(C)C[C@H](c2cccc(Cl)c2)[C@H]1c1ccc(Cl)cc1. The lowest BCUT2D eigenvalue weighted by molar-refractivity contribution is -0.149. The minimum Gasteiger partial charge on any atom is -0.391 e. The van der Waals surface area contributed by atoms with E-state index in [0.29, 0.717) is 16.5 Å². The zero-order chi connectivity index (χ0) is 20.4. The third-order valence-electron chi connectivity index (χ3n) is 5.79. The van der Waals surface area contributed by atoms with Gasteiger partial charge in [-0.15, -0.1) is 0 Å². The van der Waals surface area contributed by atoms with Crippen LogP contribution >= 0.6 is 23.2 Å². The monoisotopic (exact) mass is 419 g/mol. The molecule has 5 heteroatoms. The number of carbonyl (C=O) groups is 1. The second-order valence-electron chi connectivity index (χ2n) is 7.76. The normalized spacial score (nSPS) is 24.9. The molecule has 0 radical (unpaired) electrons. The number of nitrogens with zero attached hydrogens (tertiary/aromatic N) is 1. The van der Waals surface area contributed by atoms with Crippen molar-refractivity contribution in [3.8, 4) is 0 Å². The van der Waals surface area contributed by atoms with Crippen LogP contribution in [0.25, 0.3) is 0 Å². The molecule has 1 aliphatic rings. The molecule has 3 nitrogen and oxygen atoms in total. The Kier molecular flexibility index (Phi) is 6.69. The topological polar surface area (TPSA) is 40.5 Å². The van der Waals surface area contributed by atoms with Crippen molar-refractivity contribution >= 4 is 29.1 Å². The van der Waals surface area contributed by atoms with Crippen LogP contribution in [0.3, 0.4) is 0 Å². The Labute approximate surface area is 177 Å². The molecule has 0 aliphatic carbocycles. The van der Waals surface area contributed by atoms with Gasteiger partial charge in [0, 0.05) is 21.9 Å². The summed E-state index contributed by atoms with van der Waals surface area (Å²) in [6, 6.07) is 15.1. The molecule has 2 aromatic rings. The predicted octanol–water partition coefficient (Wildman–Crippen LogP) is 5.85. The minimum atomic E-state index is -0.617. The highest BCUT2D eigenvalue weighted by molar-refractivity contribution is 6.30. The molecule has 1 fully saturated rings. The molecule has 150 valence electrons. The summed E-state index contributed by atoms with van der Waals surface area (Å²) in [5.74, 6) is 0.0479. The molecule has 5 atom stereocenters. The number of carbonyl (C=O) groups excluding carboxylic acids is 1. The molecule has 0 aromatic heterocycles. The molecule has 1 amide bonds. The van der Waals surface area contributed by atoms with Crippen LogP contribution in [0.2, 0.25) is 10.0 Å². The summed E-state index contributed by atoms with van der Waals surface area (Å²) in [4.78, 5) is 15.2. The van der Waals surface area contributed by atoms with Gasteiger partial charge in [0.1, 0.15) is 0 Å². The number of halogens is 2. The van der Waals surface area contributed by atoms with Crippen molar-refractivity contribution in [2.24, 2.45) is 5.92 Å². The first-order chi connectivity index (χ1) is 13.3. The van der Waals surface area contributed by atoms with Gasteiger partial charge in [-0.25, -0.2) is 0 Å². The molecule has 0 saturated carbocycles. The first-order valence-electron chi connectivity index (χ1n) is 9.84. The molecule has 1 aliphatic heterocycles. The first kappa shape index (κ1) is 21.2. The summed E-state index contributed by atoms with van der Waals surface area (Å²) < 4.78 is 0. The number of hydrogen-bond donors (Lipinski definition) is 1. The van der Waals surface area contributed by atoms with Crippen molar-refractivity contribution in [1.82, 2.24) is 4.90 Å². The fourth-order valence-corrected chi connectivity index (χ4v) is 4.77. The summed E-state index contributed by atoms with van der Waals surface area (Å²) >= 11 is 12.4. The number of likely N-dealkylation sites (tertiary alicyclic amines) is 1. The molecular formula is C23H27Cl2NO2. The second kappa shape index (κ2) is 8.86. The summed E-state index contributed by atoms with van der Waals surface area (Å²) in [5.41, 5.74) is 2.13. The van der Waals surface area contributed by atoms with Crippen molar-refractivity contribution < 1.29 is 9.90 Å². The van der Waals surface area contributed by atoms with Gasteiger partial charge in [-0.1, -0.05) is 61.3 Å². The van der Waals surface area contributed by atoms with E-state index in [1.54, 1.807) is 6.92 Å². The van der Waals surface area contributed by atoms with Crippen LogP contribution in [-0.4, -0.2) is 28.1 Å². The van der Waals surface area contributed by atoms with Gasteiger partial charge in [0.15, 0.2) is 0 Å². The van der Waals surface area contributed by atoms with Crippen LogP contribution in [0.1, 0.15) is 56.7 Å². The van der Waals surface area contributed by atoms with Crippen LogP contribution < -0.4 is 0 Å². The number of hydrogen-bond acceptors (Lipinski definition) is 2. The van der Waals surface area contributed by atoms with Crippen molar-refractivity contribution in [2.75, 3.05) is 0 Å². The van der Waals surface area contributed by atoms with E-state index >= 15 is 0 Å². The summed E-state index contributed by atoms with van der Waals surface area (Å²) in [7, 11) is 0. The number of amides is 1. The number of aliphatic hydroxyl groups is 1. The average molecular weight is 420 g/mol. The van der Waals surface area contributed by atoms with Gasteiger partial charge in [0.25, 0.3) is 0 Å². The van der Waals surface area contributed by atoms with Gasteiger partial charge in [0.05, 0.1) is 18.2 Å². The Morgan fingerprint density at radius 1 is 1.11 bits per heavy atom. The van der Waals surface area contributed by atoms with Crippen LogP contribution in [0.5, 0.6) is 0 Å². The molecule has 0 spiro atoms. The highest BCUT2D eigenvalue weighted by Crippen LogP contribution is 2.47. The molecule has 1 N–H and O–H groups in total. The van der Waals surface area contributed by atoms with Crippen LogP contribution in [0.15, 0.2) is 48.5 Å². The fourth-order valence-electron chi connectivity index (χ4n) is 4.44. The number of aliphatic hydroxyl groups excluding tert-OH is 1. The van der Waals surface area contributed by atoms with E-state index in [0.717, 1.165) is 17.5 Å². The number of piperidine rings is 1. The average Bonchev–Trinajstić information content (AvgIpc) is 2.66. The minimum absolute atomic E-state index is 0.0837. The lowest BCUT2D eigenvalue weighted by Gasteiger charge is -2.48. The molecule has 2 aromatic carbocycles. The fraction of sp³-hybridized carbons (Fsp3) is 0.435. The Morgan fingerprint density at radius 2 is 1.79 bits per heavy atom. The van der Waals surface area contributed by atoms with E-state index in [2.05, 4.69) is 6.07 Å². The quantitative estimate of drug-likeness (QED) is 0.660. The molecule has 0 bridgehead atoms. The number of rotatable bonds is 5. The number of benzene rings is 2. The molecule has 1 heterocycles. The van der Waals surface area contributed by atoms with Gasteiger partial charge >= 0.3 is 0 Å². The van der Waals surface area contributed by atoms with Gasteiger partial charge in [-0.3, -0.25) is 4.79 Å². The first-order valence-corrected chi connectivity index (χ1v) is 10.6. The molecule has 1 unspecified atom stereocenters. The van der Waals surface area contributed by atoms with Crippen molar-refractivity contribution in [1.29, 1.82) is 0 Å². The molecule has 28 heavy (non-hydrogen) atoms. The van der Waals surface area contributed by atoms with Crippen LogP contribution in [-0.2, 0) is 4.79 Å². The highest BCUT2D eigenvalue weighted by Gasteiger charge is 2.44. The van der Waals surface area contributed by atoms with E-state index in [9.17, 15) is 9.90 Å². The van der Waals surface area contributed by atoms with E-state index < -0.39 is 6.10 Å². The zero-order valence-corrected chi connectivity index (χ0v) is 18.0. The Balaban J connectivity index is 2.16. The van der Waals surface area contributed by atoms with Gasteiger partial charge < -0.3 is 10.0 Å². The van der Waals surface area contributed by atoms with Gasteiger partial charge in [0.2, 0.25) is 5.91 Å². The molecule has 3 rings (SSSR count). The van der Waals surface area contributed by atoms with E-state index in [1.807, 2.05) is 61.2 Å². The van der Waals surface area contributed by atoms with Crippen LogP contribution in [0, 0.1) is 5.92 Å². The Bertz CT molecular complexity index is 822. The Hall–Kier alpha value is -1.55. The van der Waals surface area contributed by atoms with E-state index in [1.165, 1.54) is 0 Å². The lowest BCUT2D eigenvalue weighted by Crippen LogP contribution is -2.54. The summed E-state index contributed by atoms with van der Waals surface area (Å²) in [5, 5.41) is 11.8. The third kappa shape index (κ3) is 4.22. The van der Waals surface area contributed by atoms with Crippen molar-refractivity contribution in [3.63, 3.8) is 0 Å². The van der Waals surface area contributed by atoms with E-state index in [4.69, 9.17) is 23.2 Å². The van der Waals surface area contributed by atoms with Crippen LogP contribution in [0.4, 0.5) is 0 Å². The van der Waals surface area contributed by atoms with Gasteiger partial charge in [-0.2, -0.15) is 0 Å². The van der Waals surface area contributed by atoms with Crippen molar-refractivity contribution in [2.45, 2.75) is 57.7 Å². The zero-order valence-electron chi connectivity index (χ0n) is 16.5. The maximum Gasteiger partial charge on any atom is 0.226 e. The second-order valence-corrected chi connectivity index (χ2v) is 8.63. The highest BCUT2D eigenvalue weighted by atomic mass is 35.5. The summed E-state index contributed by atoms with van der Waals surface area (Å²) in [6.45, 7) is 5.74. The third-order valence-corrected chi connectivity index (χ3v) is 6.27. The maximum absolute atomic E-state index is 13.3. The Morgan fingerprint density at radius 3 is 2.36 bits per heavy atom. The van der Waals surface area contributed by atoms with E-state index in [-0.39, 0.29) is 29.8 Å². The lowest BCUT2D eigenvalue weighted by atomic mass is 9.75. The van der Waals surface area contributed by atoms with Gasteiger partial charge in [-0.05, 0) is 55.2 Å². The summed E-state index contributed by atoms with van der Waals surface area (Å²) in [6.07, 6.45) is 0.802. The molecule has 1 saturated heterocycles. The maximum atomic E-state index is 13.3.